The quantitative estimate of drug-likeness (QED) is 0.814. The monoisotopic (exact) mass is 250 g/mol. The summed E-state index contributed by atoms with van der Waals surface area (Å²) in [6.45, 7) is 1.35. The molecule has 1 fully saturated rings. The fourth-order valence-corrected chi connectivity index (χ4v) is 2.02. The summed E-state index contributed by atoms with van der Waals surface area (Å²) in [5.41, 5.74) is 6.34. The summed E-state index contributed by atoms with van der Waals surface area (Å²) in [7, 11) is 1.40. The van der Waals surface area contributed by atoms with Crippen LogP contribution in [0.1, 0.15) is 12.8 Å². The molecule has 1 amide bonds. The van der Waals surface area contributed by atoms with Crippen molar-refractivity contribution in [3.8, 4) is 5.75 Å². The van der Waals surface area contributed by atoms with Crippen LogP contribution < -0.4 is 10.5 Å². The highest BCUT2D eigenvalue weighted by Gasteiger charge is 2.24. The van der Waals surface area contributed by atoms with Crippen molar-refractivity contribution in [1.29, 1.82) is 0 Å². The largest absolute Gasteiger partial charge is 0.490 e. The zero-order chi connectivity index (χ0) is 13.0. The van der Waals surface area contributed by atoms with E-state index in [2.05, 4.69) is 4.74 Å². The Balaban J connectivity index is 1.83. The Morgan fingerprint density at radius 3 is 2.44 bits per heavy atom. The van der Waals surface area contributed by atoms with Gasteiger partial charge in [0.25, 0.3) is 0 Å². The van der Waals surface area contributed by atoms with Crippen molar-refractivity contribution >= 4 is 11.8 Å². The van der Waals surface area contributed by atoms with E-state index in [1.807, 2.05) is 24.3 Å². The number of nitrogens with zero attached hydrogens (tertiary/aromatic N) is 1. The van der Waals surface area contributed by atoms with Crippen LogP contribution in [0.5, 0.6) is 5.75 Å². The van der Waals surface area contributed by atoms with Gasteiger partial charge in [0.05, 0.1) is 7.11 Å². The summed E-state index contributed by atoms with van der Waals surface area (Å²) in [4.78, 5) is 13.0. The number of carbonyl (C=O) groups excluding carboxylic acids is 1. The number of amides is 1. The number of rotatable bonds is 2. The highest BCUT2D eigenvalue weighted by atomic mass is 16.5. The number of hydrogen-bond donors (Lipinski definition) is 1. The molecule has 1 aromatic carbocycles. The van der Waals surface area contributed by atoms with Gasteiger partial charge in [-0.3, -0.25) is 0 Å². The fourth-order valence-electron chi connectivity index (χ4n) is 2.02. The van der Waals surface area contributed by atoms with Gasteiger partial charge in [0, 0.05) is 31.6 Å². The molecule has 2 rings (SSSR count). The predicted octanol–water partition coefficient (Wildman–Crippen LogP) is 1.88. The van der Waals surface area contributed by atoms with Crippen molar-refractivity contribution in [2.45, 2.75) is 18.9 Å². The number of methoxy groups -OCH3 is 1. The standard InChI is InChI=1S/C13H18N2O3/c1-17-13(16)15-8-6-12(7-9-15)18-11-4-2-10(14)3-5-11/h2-5,12H,6-9,14H2,1H3. The molecule has 0 unspecified atom stereocenters. The molecule has 18 heavy (non-hydrogen) atoms. The Hall–Kier alpha value is -1.91. The van der Waals surface area contributed by atoms with E-state index in [9.17, 15) is 4.79 Å². The van der Waals surface area contributed by atoms with Gasteiger partial charge in [-0.05, 0) is 24.3 Å². The number of piperidine rings is 1. The van der Waals surface area contributed by atoms with Gasteiger partial charge in [-0.2, -0.15) is 0 Å². The Morgan fingerprint density at radius 2 is 1.89 bits per heavy atom. The van der Waals surface area contributed by atoms with Gasteiger partial charge < -0.3 is 20.1 Å². The number of hydrogen-bond acceptors (Lipinski definition) is 4. The van der Waals surface area contributed by atoms with Gasteiger partial charge in [-0.25, -0.2) is 4.79 Å². The van der Waals surface area contributed by atoms with Crippen LogP contribution in [0, 0.1) is 0 Å². The van der Waals surface area contributed by atoms with Crippen molar-refractivity contribution in [3.63, 3.8) is 0 Å². The molecule has 98 valence electrons. The Kier molecular flexibility index (Phi) is 3.92. The molecule has 1 aromatic rings. The highest BCUT2D eigenvalue weighted by Crippen LogP contribution is 2.20. The molecule has 0 atom stereocenters. The predicted molar refractivity (Wildman–Crippen MR) is 68.5 cm³/mol. The molecule has 0 aliphatic carbocycles. The second kappa shape index (κ2) is 5.62. The summed E-state index contributed by atoms with van der Waals surface area (Å²) in [6, 6.07) is 7.36. The van der Waals surface area contributed by atoms with Gasteiger partial charge in [0.1, 0.15) is 11.9 Å². The maximum Gasteiger partial charge on any atom is 0.409 e. The normalized spacial score (nSPS) is 16.4. The molecule has 1 heterocycles. The third kappa shape index (κ3) is 3.06. The highest BCUT2D eigenvalue weighted by molar-refractivity contribution is 5.67. The number of anilines is 1. The molecule has 0 saturated carbocycles. The van der Waals surface area contributed by atoms with E-state index in [4.69, 9.17) is 10.5 Å². The minimum absolute atomic E-state index is 0.148. The van der Waals surface area contributed by atoms with E-state index < -0.39 is 0 Å². The minimum atomic E-state index is -0.263. The number of likely N-dealkylation sites (tertiary alicyclic amines) is 1. The van der Waals surface area contributed by atoms with E-state index in [1.165, 1.54) is 7.11 Å². The van der Waals surface area contributed by atoms with Crippen molar-refractivity contribution < 1.29 is 14.3 Å². The molecule has 0 radical (unpaired) electrons. The molecule has 1 aliphatic heterocycles. The van der Waals surface area contributed by atoms with Crippen LogP contribution in [0.3, 0.4) is 0 Å². The van der Waals surface area contributed by atoms with E-state index in [0.717, 1.165) is 24.3 Å². The molecule has 0 aromatic heterocycles. The molecule has 5 nitrogen and oxygen atoms in total. The van der Waals surface area contributed by atoms with Crippen molar-refractivity contribution in [2.24, 2.45) is 0 Å². The third-order valence-electron chi connectivity index (χ3n) is 3.06. The van der Waals surface area contributed by atoms with Gasteiger partial charge in [-0.15, -0.1) is 0 Å². The second-order valence-corrected chi connectivity index (χ2v) is 4.34. The molecule has 1 aliphatic rings. The van der Waals surface area contributed by atoms with Gasteiger partial charge in [-0.1, -0.05) is 0 Å². The molecule has 2 N–H and O–H groups in total. The van der Waals surface area contributed by atoms with Gasteiger partial charge in [0.2, 0.25) is 0 Å². The van der Waals surface area contributed by atoms with Crippen LogP contribution in [-0.2, 0) is 4.74 Å². The number of nitrogens with two attached hydrogens (primary N) is 1. The average molecular weight is 250 g/mol. The molecular formula is C13H18N2O3. The summed E-state index contributed by atoms with van der Waals surface area (Å²) in [6.07, 6.45) is 1.52. The Labute approximate surface area is 106 Å². The molecule has 5 heteroatoms. The van der Waals surface area contributed by atoms with Crippen LogP contribution in [0.2, 0.25) is 0 Å². The summed E-state index contributed by atoms with van der Waals surface area (Å²) >= 11 is 0. The SMILES string of the molecule is COC(=O)N1CCC(Oc2ccc(N)cc2)CC1. The Morgan fingerprint density at radius 1 is 1.28 bits per heavy atom. The van der Waals surface area contributed by atoms with E-state index in [1.54, 1.807) is 4.90 Å². The maximum absolute atomic E-state index is 11.3. The zero-order valence-corrected chi connectivity index (χ0v) is 10.5. The van der Waals surface area contributed by atoms with E-state index >= 15 is 0 Å². The topological polar surface area (TPSA) is 64.8 Å². The fraction of sp³-hybridized carbons (Fsp3) is 0.462. The second-order valence-electron chi connectivity index (χ2n) is 4.34. The lowest BCUT2D eigenvalue weighted by molar-refractivity contribution is 0.0791. The number of nitrogen functional groups attached to an aromatic ring is 1. The first-order chi connectivity index (χ1) is 8.69. The van der Waals surface area contributed by atoms with Crippen molar-refractivity contribution in [1.82, 2.24) is 4.90 Å². The lowest BCUT2D eigenvalue weighted by atomic mass is 10.1. The van der Waals surface area contributed by atoms with E-state index in [-0.39, 0.29) is 12.2 Å². The van der Waals surface area contributed by atoms with Gasteiger partial charge in [0.15, 0.2) is 0 Å². The van der Waals surface area contributed by atoms with Crippen LogP contribution in [0.25, 0.3) is 0 Å². The first kappa shape index (κ1) is 12.5. The molecule has 0 bridgehead atoms. The van der Waals surface area contributed by atoms with Crippen molar-refractivity contribution in [3.05, 3.63) is 24.3 Å². The number of benzene rings is 1. The first-order valence-electron chi connectivity index (χ1n) is 6.04. The summed E-state index contributed by atoms with van der Waals surface area (Å²) in [5.74, 6) is 0.820. The molecular weight excluding hydrogens is 232 g/mol. The van der Waals surface area contributed by atoms with Crippen LogP contribution in [-0.4, -0.2) is 37.3 Å². The molecule has 1 saturated heterocycles. The first-order valence-corrected chi connectivity index (χ1v) is 6.04. The number of ether oxygens (including phenoxy) is 2. The molecule has 0 spiro atoms. The number of carbonyl (C=O) groups is 1. The Bertz CT molecular complexity index is 397. The van der Waals surface area contributed by atoms with Crippen molar-refractivity contribution in [2.75, 3.05) is 25.9 Å². The van der Waals surface area contributed by atoms with Gasteiger partial charge >= 0.3 is 6.09 Å². The van der Waals surface area contributed by atoms with Crippen LogP contribution in [0.15, 0.2) is 24.3 Å². The summed E-state index contributed by atoms with van der Waals surface area (Å²) in [5, 5.41) is 0. The lowest BCUT2D eigenvalue weighted by Gasteiger charge is -2.31. The van der Waals surface area contributed by atoms with Crippen LogP contribution in [0.4, 0.5) is 10.5 Å². The maximum atomic E-state index is 11.3. The van der Waals surface area contributed by atoms with Crippen LogP contribution >= 0.6 is 0 Å². The average Bonchev–Trinajstić information content (AvgIpc) is 2.41. The van der Waals surface area contributed by atoms with E-state index in [0.29, 0.717) is 13.1 Å². The lowest BCUT2D eigenvalue weighted by Crippen LogP contribution is -2.41. The minimum Gasteiger partial charge on any atom is -0.490 e. The summed E-state index contributed by atoms with van der Waals surface area (Å²) < 4.78 is 10.5. The third-order valence-corrected chi connectivity index (χ3v) is 3.06. The zero-order valence-electron chi connectivity index (χ0n) is 10.5. The smallest absolute Gasteiger partial charge is 0.409 e.